The van der Waals surface area contributed by atoms with E-state index in [4.69, 9.17) is 76.3 Å². The quantitative estimate of drug-likeness (QED) is 0.0484. The van der Waals surface area contributed by atoms with Crippen LogP contribution in [0, 0.1) is 0 Å². The Labute approximate surface area is 199 Å². The predicted molar refractivity (Wildman–Crippen MR) is 94.8 cm³/mol. The van der Waals surface area contributed by atoms with Crippen LogP contribution in [-0.2, 0) is 32.9 Å². The van der Waals surface area contributed by atoms with E-state index in [0.29, 0.717) is 6.42 Å². The Morgan fingerprint density at radius 2 is 0.794 bits per heavy atom. The summed E-state index contributed by atoms with van der Waals surface area (Å²) in [6.07, 6.45) is 1.74. The van der Waals surface area contributed by atoms with Gasteiger partial charge in [0.15, 0.2) is 0 Å². The van der Waals surface area contributed by atoms with Crippen molar-refractivity contribution in [3.05, 3.63) is 12.7 Å². The number of rotatable bonds is 3. The fourth-order valence-electron chi connectivity index (χ4n) is 0.232. The van der Waals surface area contributed by atoms with E-state index in [1.807, 2.05) is 0 Å². The van der Waals surface area contributed by atoms with Gasteiger partial charge in [-0.15, -0.1) is 23.4 Å². The molecule has 0 aliphatic carbocycles. The molecule has 0 spiro atoms. The molecule has 1 unspecified atom stereocenters. The van der Waals surface area contributed by atoms with Crippen LogP contribution in [0.4, 0.5) is 21.0 Å². The van der Waals surface area contributed by atoms with E-state index in [0.717, 1.165) is 0 Å². The zero-order valence-corrected chi connectivity index (χ0v) is 21.3. The summed E-state index contributed by atoms with van der Waals surface area (Å²) in [5.74, 6) is -0.226. The van der Waals surface area contributed by atoms with E-state index >= 15 is 0 Å². The van der Waals surface area contributed by atoms with Crippen LogP contribution in [0.1, 0.15) is 6.42 Å². The summed E-state index contributed by atoms with van der Waals surface area (Å²) < 4.78 is 123. The van der Waals surface area contributed by atoms with Crippen molar-refractivity contribution in [2.24, 2.45) is 0 Å². The zero-order valence-electron chi connectivity index (χ0n) is 16.0. The maximum atomic E-state index is 10.4. The molecule has 10 N–H and O–H groups in total. The van der Waals surface area contributed by atoms with Gasteiger partial charge in [-0.05, 0) is 6.42 Å². The van der Waals surface area contributed by atoms with Crippen LogP contribution in [-0.4, -0.2) is 62.8 Å². The predicted octanol–water partition coefficient (Wildman–Crippen LogP) is -2.93. The third-order valence-electron chi connectivity index (χ3n) is 0.580. The molecule has 0 aromatic heterocycles. The standard InChI is InChI=1S/C4H8O3S.5FH2O3P.Li/c1-2-3-4-8(5,6)7;5*1-5(2,3)4;/h2H,1,3-4H2,(H,5,6,7);5*(H2,2,3,4);/q;;;;;;+1/p-1. The average molecular weight is 642 g/mol. The first-order valence-corrected chi connectivity index (χ1v) is 15.0. The van der Waals surface area contributed by atoms with Gasteiger partial charge in [0.05, 0.1) is 5.75 Å². The third-order valence-corrected chi connectivity index (χ3v) is 1.33. The minimum Gasteiger partial charge on any atom is -0.753 e. The Hall–Kier alpha value is 0.647. The molecule has 0 aromatic carbocycles. The van der Waals surface area contributed by atoms with E-state index in [1.165, 1.54) is 6.08 Å². The molecule has 0 aromatic rings. The second kappa shape index (κ2) is 22.8. The van der Waals surface area contributed by atoms with Crippen LogP contribution >= 0.6 is 39.5 Å². The first-order chi connectivity index (χ1) is 13.6. The molecule has 0 radical (unpaired) electrons. The summed E-state index contributed by atoms with van der Waals surface area (Å²) in [6.45, 7) is 3.29. The van der Waals surface area contributed by atoms with Gasteiger partial charge in [0.2, 0.25) is 0 Å². The molecule has 208 valence electrons. The number of hydrogen-bond donors (Lipinski definition) is 10. The van der Waals surface area contributed by atoms with Crippen molar-refractivity contribution in [1.29, 1.82) is 0 Å². The van der Waals surface area contributed by atoms with Crippen LogP contribution in [0.3, 0.4) is 0 Å². The molecule has 0 amide bonds. The topological polar surface area (TPSA) is 345 Å². The van der Waals surface area contributed by atoms with Crippen molar-refractivity contribution in [2.75, 3.05) is 5.75 Å². The van der Waals surface area contributed by atoms with Crippen LogP contribution in [0.25, 0.3) is 0 Å². The summed E-state index contributed by atoms with van der Waals surface area (Å²) in [5.41, 5.74) is 0. The van der Waals surface area contributed by atoms with Crippen molar-refractivity contribution in [1.82, 2.24) is 0 Å². The molecule has 0 saturated heterocycles. The van der Waals surface area contributed by atoms with E-state index in [9.17, 15) is 29.4 Å². The average Bonchev–Trinajstić information content (AvgIpc) is 2.24. The summed E-state index contributed by atoms with van der Waals surface area (Å²) in [4.78, 5) is 71.1. The molecule has 0 saturated carbocycles. The first kappa shape index (κ1) is 51.3. The second-order valence-electron chi connectivity index (χ2n) is 3.71. The Balaban J connectivity index is -0.0000000518. The number of hydrogen-bond acceptors (Lipinski definition) is 8. The third kappa shape index (κ3) is 1030. The van der Waals surface area contributed by atoms with Crippen molar-refractivity contribution in [2.45, 2.75) is 6.42 Å². The molecular weight excluding hydrogens is 625 g/mol. The van der Waals surface area contributed by atoms with Crippen LogP contribution in [0.5, 0.6) is 0 Å². The molecule has 0 heterocycles. The van der Waals surface area contributed by atoms with Crippen molar-refractivity contribution in [3.63, 3.8) is 0 Å². The molecule has 0 rings (SSSR count). The van der Waals surface area contributed by atoms with Gasteiger partial charge in [-0.3, -0.25) is 48.3 Å². The SMILES string of the molecule is C=CCCS(=O)(=O)O.O=P(O)(O)F.O=P(O)(O)F.O=P(O)(O)F.O=P(O)(O)F.O=P([O-])(O)F.[Li+]. The monoisotopic (exact) mass is 642 g/mol. The van der Waals surface area contributed by atoms with Gasteiger partial charge >= 0.3 is 58.4 Å². The summed E-state index contributed by atoms with van der Waals surface area (Å²) >= 11 is 0. The smallest absolute Gasteiger partial charge is 0.753 e. The van der Waals surface area contributed by atoms with Crippen molar-refractivity contribution in [3.8, 4) is 0 Å². The fourth-order valence-corrected chi connectivity index (χ4v) is 0.697. The Morgan fingerprint density at radius 3 is 0.824 bits per heavy atom. The summed E-state index contributed by atoms with van der Waals surface area (Å²) in [7, 11) is -29.7. The van der Waals surface area contributed by atoms with E-state index in [2.05, 4.69) is 6.58 Å². The molecule has 18 nitrogen and oxygen atoms in total. The van der Waals surface area contributed by atoms with Crippen LogP contribution in [0.2, 0.25) is 0 Å². The Bertz CT molecular complexity index is 679. The normalized spacial score (nSPS) is 12.7. The van der Waals surface area contributed by atoms with E-state index in [1.54, 1.807) is 0 Å². The minimum absolute atomic E-state index is 0. The van der Waals surface area contributed by atoms with Gasteiger partial charge in [-0.1, -0.05) is 6.08 Å². The van der Waals surface area contributed by atoms with Crippen molar-refractivity contribution < 1.29 is 125 Å². The summed E-state index contributed by atoms with van der Waals surface area (Å²) in [6, 6.07) is 0. The van der Waals surface area contributed by atoms with Gasteiger partial charge < -0.3 is 9.79 Å². The number of allylic oxidation sites excluding steroid dienone is 1. The van der Waals surface area contributed by atoms with Crippen LogP contribution in [0.15, 0.2) is 12.7 Å². The largest absolute Gasteiger partial charge is 1.00 e. The van der Waals surface area contributed by atoms with Gasteiger partial charge in [-0.2, -0.15) is 12.6 Å². The molecule has 0 aliphatic heterocycles. The molecule has 30 heteroatoms. The molecule has 34 heavy (non-hydrogen) atoms. The zero-order chi connectivity index (χ0) is 29.1. The molecule has 0 fully saturated rings. The molecular formula is C4H17F5LiO18P5S. The summed E-state index contributed by atoms with van der Waals surface area (Å²) in [5, 5.41) is 0. The minimum atomic E-state index is -5.39. The Morgan fingerprint density at radius 1 is 0.676 bits per heavy atom. The van der Waals surface area contributed by atoms with Crippen LogP contribution < -0.4 is 23.8 Å². The van der Waals surface area contributed by atoms with E-state index < -0.39 is 49.7 Å². The second-order valence-corrected chi connectivity index (χ2v) is 9.97. The maximum Gasteiger partial charge on any atom is 1.00 e. The van der Waals surface area contributed by atoms with Gasteiger partial charge in [-0.25, -0.2) is 18.3 Å². The Kier molecular flexibility index (Phi) is 34.4. The molecule has 0 bridgehead atoms. The van der Waals surface area contributed by atoms with Crippen molar-refractivity contribution >= 4 is 49.7 Å². The van der Waals surface area contributed by atoms with Gasteiger partial charge in [0.1, 0.15) is 0 Å². The number of halogens is 5. The maximum absolute atomic E-state index is 10.4. The van der Waals surface area contributed by atoms with Gasteiger partial charge in [0, 0.05) is 0 Å². The molecule has 0 aliphatic rings. The van der Waals surface area contributed by atoms with E-state index in [-0.39, 0.29) is 24.6 Å². The fraction of sp³-hybridized carbons (Fsp3) is 0.500. The van der Waals surface area contributed by atoms with Gasteiger partial charge in [0.25, 0.3) is 10.1 Å². The first-order valence-electron chi connectivity index (χ1n) is 5.86. The molecule has 1 atom stereocenters.